The van der Waals surface area contributed by atoms with Gasteiger partial charge in [-0.2, -0.15) is 0 Å². The lowest BCUT2D eigenvalue weighted by Crippen LogP contribution is -2.67. The molecule has 1 aliphatic rings. The molecule has 2 aromatic carbocycles. The molecular weight excluding hydrogens is 507 g/mol. The van der Waals surface area contributed by atoms with Crippen LogP contribution in [0.1, 0.15) is 33.3 Å². The summed E-state index contributed by atoms with van der Waals surface area (Å²) in [6, 6.07) is 16.0. The molecule has 10 heteroatoms. The van der Waals surface area contributed by atoms with Gasteiger partial charge in [-0.1, -0.05) is 32.9 Å². The monoisotopic (exact) mass is 540 g/mol. The third kappa shape index (κ3) is 5.81. The fourth-order valence-corrected chi connectivity index (χ4v) is 5.66. The molecule has 202 valence electrons. The Balaban J connectivity index is 1.42. The van der Waals surface area contributed by atoms with Crippen molar-refractivity contribution in [2.24, 2.45) is 5.41 Å². The highest BCUT2D eigenvalue weighted by Gasteiger charge is 2.48. The summed E-state index contributed by atoms with van der Waals surface area (Å²) < 4.78 is 41.5. The van der Waals surface area contributed by atoms with Gasteiger partial charge in [0.25, 0.3) is 10.0 Å². The maximum atomic E-state index is 13.2. The van der Waals surface area contributed by atoms with Gasteiger partial charge in [0.2, 0.25) is 0 Å². The SMILES string of the molecule is CC(C)(C)[C@@]1(C)CN(Cc2ccc(NS(=O)(=O)c3ccc(-c4ccc(F)cc4)nc3)cc2)CCN1C(=O)O. The third-order valence-corrected chi connectivity index (χ3v) is 8.78. The van der Waals surface area contributed by atoms with Crippen LogP contribution in [-0.4, -0.2) is 59.6 Å². The lowest BCUT2D eigenvalue weighted by atomic mass is 9.72. The molecule has 1 fully saturated rings. The van der Waals surface area contributed by atoms with Crippen molar-refractivity contribution in [3.8, 4) is 11.3 Å². The minimum atomic E-state index is -3.85. The molecule has 1 aromatic heterocycles. The van der Waals surface area contributed by atoms with Crippen LogP contribution in [0.25, 0.3) is 11.3 Å². The summed E-state index contributed by atoms with van der Waals surface area (Å²) in [6.45, 7) is 10.4. The van der Waals surface area contributed by atoms with Crippen LogP contribution in [0.4, 0.5) is 14.9 Å². The first-order valence-corrected chi connectivity index (χ1v) is 13.8. The summed E-state index contributed by atoms with van der Waals surface area (Å²) >= 11 is 0. The zero-order valence-electron chi connectivity index (χ0n) is 22.0. The van der Waals surface area contributed by atoms with E-state index in [9.17, 15) is 22.7 Å². The van der Waals surface area contributed by atoms with Crippen molar-refractivity contribution in [2.75, 3.05) is 24.4 Å². The fourth-order valence-electron chi connectivity index (χ4n) is 4.65. The quantitative estimate of drug-likeness (QED) is 0.441. The fraction of sp³-hybridized carbons (Fsp3) is 0.357. The Bertz CT molecular complexity index is 1390. The molecule has 4 rings (SSSR count). The molecule has 1 aliphatic heterocycles. The van der Waals surface area contributed by atoms with E-state index in [1.54, 1.807) is 35.2 Å². The van der Waals surface area contributed by atoms with Gasteiger partial charge in [-0.3, -0.25) is 19.5 Å². The van der Waals surface area contributed by atoms with Crippen molar-refractivity contribution in [1.82, 2.24) is 14.8 Å². The smallest absolute Gasteiger partial charge is 0.407 e. The van der Waals surface area contributed by atoms with Crippen LogP contribution >= 0.6 is 0 Å². The molecule has 0 unspecified atom stereocenters. The van der Waals surface area contributed by atoms with Crippen LogP contribution in [0, 0.1) is 11.2 Å². The number of carboxylic acid groups (broad SMARTS) is 1. The topological polar surface area (TPSA) is 103 Å². The lowest BCUT2D eigenvalue weighted by molar-refractivity contribution is -0.0462. The molecule has 2 heterocycles. The predicted molar refractivity (Wildman–Crippen MR) is 145 cm³/mol. The Kier molecular flexibility index (Phi) is 7.49. The summed E-state index contributed by atoms with van der Waals surface area (Å²) in [5.74, 6) is -0.354. The van der Waals surface area contributed by atoms with E-state index in [4.69, 9.17) is 0 Å². The number of sulfonamides is 1. The van der Waals surface area contributed by atoms with Gasteiger partial charge in [-0.05, 0) is 66.4 Å². The number of piperazine rings is 1. The highest BCUT2D eigenvalue weighted by molar-refractivity contribution is 7.92. The Morgan fingerprint density at radius 2 is 1.71 bits per heavy atom. The molecule has 1 saturated heterocycles. The molecular formula is C28H33FN4O4S. The second kappa shape index (κ2) is 10.3. The molecule has 0 bridgehead atoms. The Labute approximate surface area is 223 Å². The van der Waals surface area contributed by atoms with Crippen LogP contribution in [0.5, 0.6) is 0 Å². The normalized spacial score (nSPS) is 18.8. The standard InChI is InChI=1S/C28H33FN4O4S/c1-27(2,3)28(4)19-32(15-16-33(28)26(34)35)18-20-5-11-23(12-6-20)31-38(36,37)24-13-14-25(30-17-24)21-7-9-22(29)10-8-21/h5-14,17,31H,15-16,18-19H2,1-4H3,(H,34,35)/t28-/m1/s1. The number of rotatable bonds is 6. The van der Waals surface area contributed by atoms with Crippen LogP contribution < -0.4 is 4.72 Å². The maximum absolute atomic E-state index is 13.2. The molecule has 0 saturated carbocycles. The number of halogens is 1. The van der Waals surface area contributed by atoms with Gasteiger partial charge in [0.05, 0.1) is 11.2 Å². The van der Waals surface area contributed by atoms with E-state index in [1.165, 1.54) is 24.4 Å². The van der Waals surface area contributed by atoms with E-state index in [-0.39, 0.29) is 16.1 Å². The largest absolute Gasteiger partial charge is 0.465 e. The minimum Gasteiger partial charge on any atom is -0.465 e. The minimum absolute atomic E-state index is 0.0187. The zero-order chi connectivity index (χ0) is 27.7. The van der Waals surface area contributed by atoms with Crippen molar-refractivity contribution in [3.05, 3.63) is 78.2 Å². The number of amides is 1. The molecule has 1 atom stereocenters. The van der Waals surface area contributed by atoms with E-state index in [1.807, 2.05) is 19.1 Å². The van der Waals surface area contributed by atoms with Crippen molar-refractivity contribution >= 4 is 21.8 Å². The van der Waals surface area contributed by atoms with E-state index >= 15 is 0 Å². The van der Waals surface area contributed by atoms with E-state index in [0.29, 0.717) is 43.1 Å². The number of carbonyl (C=O) groups is 1. The summed E-state index contributed by atoms with van der Waals surface area (Å²) in [6.07, 6.45) is 0.372. The molecule has 38 heavy (non-hydrogen) atoms. The predicted octanol–water partition coefficient (Wildman–Crippen LogP) is 5.29. The number of aromatic nitrogens is 1. The number of nitrogens with one attached hydrogen (secondary N) is 1. The van der Waals surface area contributed by atoms with Crippen molar-refractivity contribution in [3.63, 3.8) is 0 Å². The van der Waals surface area contributed by atoms with E-state index in [0.717, 1.165) is 5.56 Å². The molecule has 0 spiro atoms. The highest BCUT2D eigenvalue weighted by Crippen LogP contribution is 2.38. The molecule has 2 N–H and O–H groups in total. The van der Waals surface area contributed by atoms with Crippen LogP contribution in [0.2, 0.25) is 0 Å². The Hall–Kier alpha value is -3.50. The third-order valence-electron chi connectivity index (χ3n) is 7.41. The number of anilines is 1. The molecule has 8 nitrogen and oxygen atoms in total. The first-order chi connectivity index (χ1) is 17.8. The second-order valence-electron chi connectivity index (χ2n) is 10.9. The highest BCUT2D eigenvalue weighted by atomic mass is 32.2. The zero-order valence-corrected chi connectivity index (χ0v) is 22.8. The Morgan fingerprint density at radius 3 is 2.26 bits per heavy atom. The summed E-state index contributed by atoms with van der Waals surface area (Å²) in [5.41, 5.74) is 1.85. The number of nitrogens with zero attached hydrogens (tertiary/aromatic N) is 3. The lowest BCUT2D eigenvalue weighted by Gasteiger charge is -2.54. The summed E-state index contributed by atoms with van der Waals surface area (Å²) in [4.78, 5) is 19.9. The molecule has 3 aromatic rings. The van der Waals surface area contributed by atoms with Gasteiger partial charge >= 0.3 is 6.09 Å². The van der Waals surface area contributed by atoms with Crippen molar-refractivity contribution in [1.29, 1.82) is 0 Å². The Morgan fingerprint density at radius 1 is 1.05 bits per heavy atom. The van der Waals surface area contributed by atoms with Crippen molar-refractivity contribution in [2.45, 2.75) is 44.7 Å². The van der Waals surface area contributed by atoms with E-state index < -0.39 is 21.7 Å². The van der Waals surface area contributed by atoms with Gasteiger partial charge in [-0.25, -0.2) is 17.6 Å². The number of hydrogen-bond donors (Lipinski definition) is 2. The summed E-state index contributed by atoms with van der Waals surface area (Å²) in [7, 11) is -3.85. The van der Waals surface area contributed by atoms with Crippen molar-refractivity contribution < 1.29 is 22.7 Å². The average molecular weight is 541 g/mol. The number of benzene rings is 2. The van der Waals surface area contributed by atoms with Crippen LogP contribution in [-0.2, 0) is 16.6 Å². The van der Waals surface area contributed by atoms with E-state index in [2.05, 4.69) is 35.4 Å². The maximum Gasteiger partial charge on any atom is 0.407 e. The second-order valence-corrected chi connectivity index (χ2v) is 12.5. The van der Waals surface area contributed by atoms with Crippen LogP contribution in [0.3, 0.4) is 0 Å². The van der Waals surface area contributed by atoms with Gasteiger partial charge in [0.15, 0.2) is 0 Å². The average Bonchev–Trinajstić information content (AvgIpc) is 2.85. The molecule has 0 radical (unpaired) electrons. The first-order valence-electron chi connectivity index (χ1n) is 12.4. The number of pyridine rings is 1. The van der Waals surface area contributed by atoms with Crippen LogP contribution in [0.15, 0.2) is 71.8 Å². The summed E-state index contributed by atoms with van der Waals surface area (Å²) in [5, 5.41) is 9.73. The van der Waals surface area contributed by atoms with Gasteiger partial charge in [0.1, 0.15) is 10.7 Å². The van der Waals surface area contributed by atoms with Gasteiger partial charge < -0.3 is 5.11 Å². The van der Waals surface area contributed by atoms with Gasteiger partial charge in [0, 0.05) is 43.6 Å². The first kappa shape index (κ1) is 27.5. The molecule has 0 aliphatic carbocycles. The van der Waals surface area contributed by atoms with Gasteiger partial charge in [-0.15, -0.1) is 0 Å². The molecule has 1 amide bonds. The number of hydrogen-bond acceptors (Lipinski definition) is 5.